The average Bonchev–Trinajstić information content (AvgIpc) is 3.12. The lowest BCUT2D eigenvalue weighted by molar-refractivity contribution is 0.227. The highest BCUT2D eigenvalue weighted by molar-refractivity contribution is 6.30. The molecule has 174 valence electrons. The van der Waals surface area contributed by atoms with E-state index in [0.29, 0.717) is 0 Å². The third-order valence-electron chi connectivity index (χ3n) is 7.69. The second-order valence-electron chi connectivity index (χ2n) is 10.2. The zero-order chi connectivity index (χ0) is 22.5. The molecule has 1 aliphatic carbocycles. The van der Waals surface area contributed by atoms with E-state index in [0.717, 1.165) is 58.4 Å². The summed E-state index contributed by atoms with van der Waals surface area (Å²) in [5.74, 6) is 3.85. The summed E-state index contributed by atoms with van der Waals surface area (Å²) >= 11 is 6.07. The molecule has 1 saturated carbocycles. The van der Waals surface area contributed by atoms with Gasteiger partial charge in [-0.1, -0.05) is 76.1 Å². The van der Waals surface area contributed by atoms with Gasteiger partial charge in [0.15, 0.2) is 0 Å². The van der Waals surface area contributed by atoms with Gasteiger partial charge in [-0.05, 0) is 68.9 Å². The second kappa shape index (κ2) is 11.0. The molecule has 2 aliphatic rings. The molecular formula is C28H40ClN3. The van der Waals surface area contributed by atoms with E-state index in [4.69, 9.17) is 21.7 Å². The van der Waals surface area contributed by atoms with Crippen LogP contribution in [0.2, 0.25) is 5.02 Å². The Labute approximate surface area is 199 Å². The number of benzene rings is 1. The molecule has 0 bridgehead atoms. The monoisotopic (exact) mass is 453 g/mol. The minimum atomic E-state index is 0.761. The van der Waals surface area contributed by atoms with Crippen molar-refractivity contribution < 1.29 is 0 Å². The van der Waals surface area contributed by atoms with Gasteiger partial charge in [0.05, 0.1) is 11.4 Å². The Bertz CT molecular complexity index is 898. The van der Waals surface area contributed by atoms with Crippen molar-refractivity contribution in [3.05, 3.63) is 40.8 Å². The topological polar surface area (TPSA) is 30.2 Å². The van der Waals surface area contributed by atoms with E-state index in [2.05, 4.69) is 37.6 Å². The summed E-state index contributed by atoms with van der Waals surface area (Å²) in [4.78, 5) is 4.91. The average molecular weight is 454 g/mol. The Hall–Kier alpha value is -1.61. The minimum Gasteiger partial charge on any atom is -0.231 e. The molecule has 0 atom stereocenters. The number of hydrogen-bond donors (Lipinski definition) is 0. The van der Waals surface area contributed by atoms with Crippen LogP contribution in [0.3, 0.4) is 0 Å². The molecule has 0 saturated heterocycles. The van der Waals surface area contributed by atoms with Crippen molar-refractivity contribution in [1.29, 1.82) is 0 Å². The number of fused-ring (bicyclic) bond motifs is 1. The van der Waals surface area contributed by atoms with Crippen molar-refractivity contribution >= 4 is 17.3 Å². The highest BCUT2D eigenvalue weighted by Crippen LogP contribution is 2.37. The summed E-state index contributed by atoms with van der Waals surface area (Å²) in [6.45, 7) is 6.83. The summed E-state index contributed by atoms with van der Waals surface area (Å²) in [5.41, 5.74) is 4.67. The molecule has 2 heterocycles. The number of aromatic nitrogens is 2. The number of aryl methyl sites for hydroxylation is 1. The molecule has 1 aromatic carbocycles. The van der Waals surface area contributed by atoms with Crippen molar-refractivity contribution in [2.24, 2.45) is 22.9 Å². The molecule has 4 rings (SSSR count). The lowest BCUT2D eigenvalue weighted by Gasteiger charge is -2.31. The van der Waals surface area contributed by atoms with Gasteiger partial charge in [0.2, 0.25) is 0 Å². The lowest BCUT2D eigenvalue weighted by Crippen LogP contribution is -2.22. The summed E-state index contributed by atoms with van der Waals surface area (Å²) < 4.78 is 2.11. The van der Waals surface area contributed by atoms with Crippen molar-refractivity contribution in [3.8, 4) is 11.3 Å². The quantitative estimate of drug-likeness (QED) is 0.374. The first-order valence-corrected chi connectivity index (χ1v) is 13.4. The first-order chi connectivity index (χ1) is 15.6. The zero-order valence-corrected chi connectivity index (χ0v) is 21.0. The van der Waals surface area contributed by atoms with E-state index >= 15 is 0 Å². The Morgan fingerprint density at radius 2 is 1.62 bits per heavy atom. The van der Waals surface area contributed by atoms with Crippen LogP contribution in [0.4, 0.5) is 0 Å². The number of rotatable bonds is 9. The van der Waals surface area contributed by atoms with Gasteiger partial charge in [-0.3, -0.25) is 0 Å². The molecule has 2 aromatic rings. The molecule has 32 heavy (non-hydrogen) atoms. The summed E-state index contributed by atoms with van der Waals surface area (Å²) in [6.07, 6.45) is 15.9. The van der Waals surface area contributed by atoms with E-state index < -0.39 is 0 Å². The first-order valence-electron chi connectivity index (χ1n) is 13.0. The summed E-state index contributed by atoms with van der Waals surface area (Å²) in [6, 6.07) is 7.98. The predicted octanol–water partition coefficient (Wildman–Crippen LogP) is 8.47. The number of hydrogen-bond acceptors (Lipinski definition) is 2. The molecule has 3 nitrogen and oxygen atoms in total. The fourth-order valence-corrected chi connectivity index (χ4v) is 6.12. The van der Waals surface area contributed by atoms with Crippen LogP contribution in [0.5, 0.6) is 0 Å². The van der Waals surface area contributed by atoms with Gasteiger partial charge in [0.25, 0.3) is 0 Å². The first kappa shape index (κ1) is 23.5. The normalized spacial score (nSPS) is 21.0. The van der Waals surface area contributed by atoms with Crippen LogP contribution in [0.15, 0.2) is 29.4 Å². The summed E-state index contributed by atoms with van der Waals surface area (Å²) in [7, 11) is 0. The van der Waals surface area contributed by atoms with Gasteiger partial charge in [0.1, 0.15) is 5.82 Å². The minimum absolute atomic E-state index is 0.761. The Morgan fingerprint density at radius 3 is 2.28 bits per heavy atom. The molecule has 1 fully saturated rings. The van der Waals surface area contributed by atoms with E-state index in [-0.39, 0.29) is 0 Å². The maximum absolute atomic E-state index is 6.07. The van der Waals surface area contributed by atoms with Crippen LogP contribution < -0.4 is 0 Å². The molecule has 1 aliphatic heterocycles. The standard InChI is InChI=1S/C28H40ClN3/c1-4-6-21(7-5-2)18-22-8-10-23(11-9-22)19-26-16-17-27-30-28(20(3)32(27)31-26)24-12-14-25(29)15-13-24/h12-15,21-23H,4-11,16-19H2,1-3H3. The van der Waals surface area contributed by atoms with Crippen molar-refractivity contribution in [2.75, 3.05) is 0 Å². The van der Waals surface area contributed by atoms with Gasteiger partial charge < -0.3 is 0 Å². The molecule has 4 heteroatoms. The van der Waals surface area contributed by atoms with E-state index in [1.54, 1.807) is 0 Å². The van der Waals surface area contributed by atoms with Crippen molar-refractivity contribution in [3.63, 3.8) is 0 Å². The van der Waals surface area contributed by atoms with Gasteiger partial charge in [0, 0.05) is 22.7 Å². The van der Waals surface area contributed by atoms with Crippen molar-refractivity contribution in [2.45, 2.75) is 97.8 Å². The van der Waals surface area contributed by atoms with E-state index in [1.807, 2.05) is 12.1 Å². The predicted molar refractivity (Wildman–Crippen MR) is 137 cm³/mol. The Morgan fingerprint density at radius 1 is 0.969 bits per heavy atom. The number of nitrogens with zero attached hydrogens (tertiary/aromatic N) is 3. The third kappa shape index (κ3) is 5.65. The van der Waals surface area contributed by atoms with Gasteiger partial charge in [-0.25, -0.2) is 9.66 Å². The maximum atomic E-state index is 6.07. The molecular weight excluding hydrogens is 414 g/mol. The highest BCUT2D eigenvalue weighted by atomic mass is 35.5. The smallest absolute Gasteiger partial charge is 0.131 e. The number of imidazole rings is 1. The Kier molecular flexibility index (Phi) is 8.10. The molecule has 0 unspecified atom stereocenters. The van der Waals surface area contributed by atoms with Crippen LogP contribution in [0.25, 0.3) is 11.3 Å². The fraction of sp³-hybridized carbons (Fsp3) is 0.643. The van der Waals surface area contributed by atoms with Gasteiger partial charge in [-0.2, -0.15) is 5.10 Å². The Balaban J connectivity index is 1.35. The maximum Gasteiger partial charge on any atom is 0.131 e. The highest BCUT2D eigenvalue weighted by Gasteiger charge is 2.26. The molecule has 0 amide bonds. The third-order valence-corrected chi connectivity index (χ3v) is 7.95. The molecule has 0 N–H and O–H groups in total. The van der Waals surface area contributed by atoms with Crippen LogP contribution in [-0.4, -0.2) is 15.4 Å². The van der Waals surface area contributed by atoms with E-state index in [9.17, 15) is 0 Å². The molecule has 0 radical (unpaired) electrons. The SMILES string of the molecule is CCCC(CCC)CC1CCC(CC2=Nn3c(nc(-c4ccc(Cl)cc4)c3C)CC2)CC1. The lowest BCUT2D eigenvalue weighted by atomic mass is 9.75. The van der Waals surface area contributed by atoms with Crippen LogP contribution in [0.1, 0.15) is 96.0 Å². The van der Waals surface area contributed by atoms with E-state index in [1.165, 1.54) is 69.9 Å². The molecule has 0 spiro atoms. The largest absolute Gasteiger partial charge is 0.231 e. The van der Waals surface area contributed by atoms with Crippen LogP contribution >= 0.6 is 11.6 Å². The van der Waals surface area contributed by atoms with Crippen molar-refractivity contribution in [1.82, 2.24) is 9.66 Å². The van der Waals surface area contributed by atoms with Crippen LogP contribution in [0, 0.1) is 24.7 Å². The fourth-order valence-electron chi connectivity index (χ4n) is 5.99. The van der Waals surface area contributed by atoms with Gasteiger partial charge in [-0.15, -0.1) is 0 Å². The van der Waals surface area contributed by atoms with Crippen LogP contribution in [-0.2, 0) is 6.42 Å². The summed E-state index contributed by atoms with van der Waals surface area (Å²) in [5, 5.41) is 5.82. The zero-order valence-electron chi connectivity index (χ0n) is 20.2. The second-order valence-corrected chi connectivity index (χ2v) is 10.7. The molecule has 1 aromatic heterocycles. The van der Waals surface area contributed by atoms with Gasteiger partial charge >= 0.3 is 0 Å². The number of halogens is 1.